The first kappa shape index (κ1) is 9.25. The second-order valence-corrected chi connectivity index (χ2v) is 4.88. The van der Waals surface area contributed by atoms with Gasteiger partial charge < -0.3 is 5.11 Å². The van der Waals surface area contributed by atoms with Crippen LogP contribution in [0.5, 0.6) is 0 Å². The maximum absolute atomic E-state index is 9.91. The quantitative estimate of drug-likeness (QED) is 0.779. The molecule has 1 heterocycles. The molecule has 2 aliphatic rings. The van der Waals surface area contributed by atoms with Crippen LogP contribution < -0.4 is 0 Å². The molecule has 0 saturated heterocycles. The Bertz CT molecular complexity index is 445. The third kappa shape index (κ3) is 1.45. The van der Waals surface area contributed by atoms with Crippen LogP contribution in [0.25, 0.3) is 5.57 Å². The van der Waals surface area contributed by atoms with Gasteiger partial charge in [-0.3, -0.25) is 0 Å². The minimum Gasteiger partial charge on any atom is -0.388 e. The molecule has 0 radical (unpaired) electrons. The predicted molar refractivity (Wildman–Crippen MR) is 64.5 cm³/mol. The molecule has 1 atom stereocenters. The Labute approximate surface area is 93.5 Å². The Kier molecular flexibility index (Phi) is 2.19. The molecule has 0 saturated carbocycles. The SMILES string of the molecule is OC1CC=C2SCC(c3ccccc3)=C21. The van der Waals surface area contributed by atoms with E-state index >= 15 is 0 Å². The normalized spacial score (nSPS) is 24.3. The van der Waals surface area contributed by atoms with E-state index in [2.05, 4.69) is 30.3 Å². The van der Waals surface area contributed by atoms with Crippen molar-refractivity contribution in [1.82, 2.24) is 0 Å². The summed E-state index contributed by atoms with van der Waals surface area (Å²) in [4.78, 5) is 1.29. The first-order valence-corrected chi connectivity index (χ1v) is 6.14. The van der Waals surface area contributed by atoms with Crippen LogP contribution in [0.3, 0.4) is 0 Å². The van der Waals surface area contributed by atoms with Crippen LogP contribution in [0.2, 0.25) is 0 Å². The predicted octanol–water partition coefficient (Wildman–Crippen LogP) is 2.84. The molecule has 1 unspecified atom stereocenters. The standard InChI is InChI=1S/C13H12OS/c14-11-6-7-12-13(11)10(8-15-12)9-4-2-1-3-5-9/h1-5,7,11,14H,6,8H2. The largest absolute Gasteiger partial charge is 0.388 e. The minimum atomic E-state index is -0.273. The summed E-state index contributed by atoms with van der Waals surface area (Å²) in [5.74, 6) is 1.00. The van der Waals surface area contributed by atoms with Gasteiger partial charge in [-0.2, -0.15) is 0 Å². The molecule has 0 spiro atoms. The molecule has 1 aromatic rings. The van der Waals surface area contributed by atoms with Crippen LogP contribution >= 0.6 is 11.8 Å². The molecule has 0 fully saturated rings. The van der Waals surface area contributed by atoms with Crippen molar-refractivity contribution in [3.63, 3.8) is 0 Å². The molecule has 1 nitrogen and oxygen atoms in total. The number of aliphatic hydroxyl groups is 1. The van der Waals surface area contributed by atoms with Gasteiger partial charge in [-0.25, -0.2) is 0 Å². The highest BCUT2D eigenvalue weighted by atomic mass is 32.2. The fraction of sp³-hybridized carbons (Fsp3) is 0.231. The van der Waals surface area contributed by atoms with Crippen LogP contribution in [-0.4, -0.2) is 17.0 Å². The highest BCUT2D eigenvalue weighted by Crippen LogP contribution is 2.46. The number of aliphatic hydroxyl groups excluding tert-OH is 1. The molecule has 76 valence electrons. The summed E-state index contributed by atoms with van der Waals surface area (Å²) >= 11 is 1.85. The summed E-state index contributed by atoms with van der Waals surface area (Å²) in [5, 5.41) is 9.91. The van der Waals surface area contributed by atoms with Gasteiger partial charge in [0.25, 0.3) is 0 Å². The van der Waals surface area contributed by atoms with Gasteiger partial charge >= 0.3 is 0 Å². The Hall–Kier alpha value is -0.990. The highest BCUT2D eigenvalue weighted by molar-refractivity contribution is 8.04. The summed E-state index contributed by atoms with van der Waals surface area (Å²) in [6.45, 7) is 0. The molecule has 1 aliphatic heterocycles. The van der Waals surface area contributed by atoms with E-state index in [0.717, 1.165) is 12.2 Å². The van der Waals surface area contributed by atoms with Gasteiger partial charge in [-0.15, -0.1) is 11.8 Å². The Morgan fingerprint density at radius 2 is 2.00 bits per heavy atom. The molecule has 2 heteroatoms. The van der Waals surface area contributed by atoms with E-state index in [4.69, 9.17) is 0 Å². The average Bonchev–Trinajstić information content (AvgIpc) is 2.84. The van der Waals surface area contributed by atoms with Gasteiger partial charge in [-0.1, -0.05) is 36.4 Å². The van der Waals surface area contributed by atoms with Crippen molar-refractivity contribution in [2.24, 2.45) is 0 Å². The molecule has 1 N–H and O–H groups in total. The smallest absolute Gasteiger partial charge is 0.0838 e. The lowest BCUT2D eigenvalue weighted by molar-refractivity contribution is 0.224. The average molecular weight is 216 g/mol. The van der Waals surface area contributed by atoms with Gasteiger partial charge in [0.05, 0.1) is 6.10 Å². The van der Waals surface area contributed by atoms with Crippen molar-refractivity contribution < 1.29 is 5.11 Å². The zero-order chi connectivity index (χ0) is 10.3. The van der Waals surface area contributed by atoms with Gasteiger partial charge in [0.15, 0.2) is 0 Å². The highest BCUT2D eigenvalue weighted by Gasteiger charge is 2.30. The topological polar surface area (TPSA) is 20.2 Å². The molecule has 3 rings (SSSR count). The number of rotatable bonds is 1. The second-order valence-electron chi connectivity index (χ2n) is 3.87. The van der Waals surface area contributed by atoms with E-state index in [1.54, 1.807) is 0 Å². The van der Waals surface area contributed by atoms with E-state index in [1.165, 1.54) is 21.6 Å². The minimum absolute atomic E-state index is 0.273. The Balaban J connectivity index is 2.10. The zero-order valence-electron chi connectivity index (χ0n) is 8.31. The maximum Gasteiger partial charge on any atom is 0.0838 e. The molecular weight excluding hydrogens is 204 g/mol. The van der Waals surface area contributed by atoms with E-state index in [9.17, 15) is 5.11 Å². The van der Waals surface area contributed by atoms with Crippen LogP contribution in [0.4, 0.5) is 0 Å². The van der Waals surface area contributed by atoms with E-state index < -0.39 is 0 Å². The van der Waals surface area contributed by atoms with E-state index in [-0.39, 0.29) is 6.10 Å². The van der Waals surface area contributed by atoms with E-state index in [0.29, 0.717) is 0 Å². The summed E-state index contributed by atoms with van der Waals surface area (Å²) < 4.78 is 0. The molecule has 0 bridgehead atoms. The third-order valence-electron chi connectivity index (χ3n) is 2.94. The fourth-order valence-electron chi connectivity index (χ4n) is 2.20. The summed E-state index contributed by atoms with van der Waals surface area (Å²) in [5.41, 5.74) is 3.74. The summed E-state index contributed by atoms with van der Waals surface area (Å²) in [7, 11) is 0. The van der Waals surface area contributed by atoms with Crippen molar-refractivity contribution in [3.05, 3.63) is 52.4 Å². The van der Waals surface area contributed by atoms with Crippen molar-refractivity contribution in [1.29, 1.82) is 0 Å². The Morgan fingerprint density at radius 1 is 1.20 bits per heavy atom. The first-order valence-electron chi connectivity index (χ1n) is 5.16. The summed E-state index contributed by atoms with van der Waals surface area (Å²) in [6.07, 6.45) is 2.67. The molecular formula is C13H12OS. The maximum atomic E-state index is 9.91. The number of fused-ring (bicyclic) bond motifs is 1. The fourth-order valence-corrected chi connectivity index (χ4v) is 3.45. The second kappa shape index (κ2) is 3.54. The van der Waals surface area contributed by atoms with Crippen LogP contribution in [0.1, 0.15) is 12.0 Å². The van der Waals surface area contributed by atoms with Crippen molar-refractivity contribution in [3.8, 4) is 0 Å². The van der Waals surface area contributed by atoms with Crippen molar-refractivity contribution in [2.75, 3.05) is 5.75 Å². The molecule has 0 aromatic heterocycles. The third-order valence-corrected chi connectivity index (χ3v) is 4.08. The van der Waals surface area contributed by atoms with Gasteiger partial charge in [0.1, 0.15) is 0 Å². The number of hydrogen-bond donors (Lipinski definition) is 1. The van der Waals surface area contributed by atoms with Crippen molar-refractivity contribution >= 4 is 17.3 Å². The lowest BCUT2D eigenvalue weighted by Crippen LogP contribution is -2.04. The monoisotopic (exact) mass is 216 g/mol. The van der Waals surface area contributed by atoms with Crippen LogP contribution in [0, 0.1) is 0 Å². The summed E-state index contributed by atoms with van der Waals surface area (Å²) in [6, 6.07) is 10.4. The zero-order valence-corrected chi connectivity index (χ0v) is 9.13. The number of thioether (sulfide) groups is 1. The van der Waals surface area contributed by atoms with E-state index in [1.807, 2.05) is 17.8 Å². The molecule has 15 heavy (non-hydrogen) atoms. The Morgan fingerprint density at radius 3 is 2.80 bits per heavy atom. The van der Waals surface area contributed by atoms with Gasteiger partial charge in [0.2, 0.25) is 0 Å². The number of hydrogen-bond acceptors (Lipinski definition) is 2. The lowest BCUT2D eigenvalue weighted by atomic mass is 10.00. The van der Waals surface area contributed by atoms with Crippen LogP contribution in [0.15, 0.2) is 46.9 Å². The molecule has 1 aliphatic carbocycles. The molecule has 1 aromatic carbocycles. The lowest BCUT2D eigenvalue weighted by Gasteiger charge is -2.08. The van der Waals surface area contributed by atoms with Crippen LogP contribution in [-0.2, 0) is 0 Å². The van der Waals surface area contributed by atoms with Gasteiger partial charge in [-0.05, 0) is 23.1 Å². The molecule has 0 amide bonds. The van der Waals surface area contributed by atoms with Crippen molar-refractivity contribution in [2.45, 2.75) is 12.5 Å². The van der Waals surface area contributed by atoms with Gasteiger partial charge in [0, 0.05) is 10.7 Å². The first-order chi connectivity index (χ1) is 7.36. The number of benzene rings is 1.